The first-order valence-electron chi connectivity index (χ1n) is 8.43. The lowest BCUT2D eigenvalue weighted by Gasteiger charge is -2.36. The Morgan fingerprint density at radius 2 is 1.62 bits per heavy atom. The second-order valence-corrected chi connectivity index (χ2v) is 6.68. The van der Waals surface area contributed by atoms with Crippen molar-refractivity contribution in [1.29, 1.82) is 0 Å². The van der Waals surface area contributed by atoms with E-state index in [0.29, 0.717) is 5.11 Å². The third-order valence-corrected chi connectivity index (χ3v) is 4.89. The lowest BCUT2D eigenvalue weighted by molar-refractivity contribution is 0.609. The molecular formula is C21H20N2S. The molecule has 0 saturated heterocycles. The number of nitrogens with one attached hydrogen (secondary N) is 2. The first kappa shape index (κ1) is 15.2. The largest absolute Gasteiger partial charge is 0.352 e. The van der Waals surface area contributed by atoms with Crippen molar-refractivity contribution >= 4 is 23.4 Å². The molecule has 0 unspecified atom stereocenters. The molecule has 120 valence electrons. The fraction of sp³-hybridized carbons (Fsp3) is 0.190. The fourth-order valence-electron chi connectivity index (χ4n) is 3.57. The molecule has 4 rings (SSSR count). The van der Waals surface area contributed by atoms with E-state index in [0.717, 1.165) is 12.8 Å². The van der Waals surface area contributed by atoms with Crippen molar-refractivity contribution in [2.45, 2.75) is 25.3 Å². The van der Waals surface area contributed by atoms with Crippen LogP contribution in [0.5, 0.6) is 0 Å². The Balaban J connectivity index is 1.77. The van der Waals surface area contributed by atoms with E-state index in [4.69, 9.17) is 12.2 Å². The summed E-state index contributed by atoms with van der Waals surface area (Å²) in [5.41, 5.74) is 6.51. The van der Waals surface area contributed by atoms with E-state index < -0.39 is 0 Å². The normalized spacial score (nSPS) is 21.9. The molecule has 0 bridgehead atoms. The molecule has 2 nitrogen and oxygen atoms in total. The van der Waals surface area contributed by atoms with Gasteiger partial charge in [-0.1, -0.05) is 60.7 Å². The molecule has 3 heteroatoms. The van der Waals surface area contributed by atoms with E-state index in [1.807, 2.05) is 0 Å². The Morgan fingerprint density at radius 3 is 2.38 bits per heavy atom. The quantitative estimate of drug-likeness (QED) is 0.778. The van der Waals surface area contributed by atoms with E-state index in [9.17, 15) is 0 Å². The van der Waals surface area contributed by atoms with Gasteiger partial charge in [0.05, 0.1) is 6.04 Å². The minimum Gasteiger partial charge on any atom is -0.352 e. The first-order valence-corrected chi connectivity index (χ1v) is 8.83. The topological polar surface area (TPSA) is 24.1 Å². The highest BCUT2D eigenvalue weighted by atomic mass is 32.1. The number of hydrogen-bond acceptors (Lipinski definition) is 1. The van der Waals surface area contributed by atoms with Gasteiger partial charge in [-0.3, -0.25) is 0 Å². The second kappa shape index (κ2) is 6.62. The maximum absolute atomic E-state index is 5.49. The average molecular weight is 332 g/mol. The Hall–Kier alpha value is -2.39. The van der Waals surface area contributed by atoms with Crippen molar-refractivity contribution in [3.8, 4) is 0 Å². The van der Waals surface area contributed by atoms with Gasteiger partial charge in [-0.25, -0.2) is 0 Å². The van der Waals surface area contributed by atoms with Crippen molar-refractivity contribution < 1.29 is 0 Å². The summed E-state index contributed by atoms with van der Waals surface area (Å²) < 4.78 is 0. The van der Waals surface area contributed by atoms with Gasteiger partial charge < -0.3 is 10.6 Å². The highest BCUT2D eigenvalue weighted by Gasteiger charge is 2.30. The van der Waals surface area contributed by atoms with Crippen LogP contribution < -0.4 is 10.6 Å². The lowest BCUT2D eigenvalue weighted by atomic mass is 9.83. The van der Waals surface area contributed by atoms with E-state index in [1.165, 1.54) is 34.4 Å². The molecule has 2 aromatic carbocycles. The van der Waals surface area contributed by atoms with Gasteiger partial charge in [0.25, 0.3) is 0 Å². The second-order valence-electron chi connectivity index (χ2n) is 6.28. The number of benzene rings is 2. The third-order valence-electron chi connectivity index (χ3n) is 4.67. The predicted octanol–water partition coefficient (Wildman–Crippen LogP) is 4.73. The summed E-state index contributed by atoms with van der Waals surface area (Å²) in [6.07, 6.45) is 5.66. The van der Waals surface area contributed by atoms with Crippen LogP contribution in [0.3, 0.4) is 0 Å². The molecule has 1 aliphatic carbocycles. The van der Waals surface area contributed by atoms with Crippen LogP contribution in [0.1, 0.15) is 36.4 Å². The van der Waals surface area contributed by atoms with E-state index in [2.05, 4.69) is 77.4 Å². The Morgan fingerprint density at radius 1 is 0.917 bits per heavy atom. The Bertz CT molecular complexity index is 806. The van der Waals surface area contributed by atoms with Crippen LogP contribution >= 0.6 is 12.2 Å². The van der Waals surface area contributed by atoms with Crippen LogP contribution in [0.4, 0.5) is 0 Å². The summed E-state index contributed by atoms with van der Waals surface area (Å²) in [6.45, 7) is 0. The number of thiocarbonyl (C=S) groups is 1. The number of rotatable bonds is 2. The molecule has 0 radical (unpaired) electrons. The molecule has 24 heavy (non-hydrogen) atoms. The summed E-state index contributed by atoms with van der Waals surface area (Å²) in [7, 11) is 0. The lowest BCUT2D eigenvalue weighted by Crippen LogP contribution is -2.45. The minimum absolute atomic E-state index is 0.175. The highest BCUT2D eigenvalue weighted by molar-refractivity contribution is 7.80. The van der Waals surface area contributed by atoms with E-state index in [-0.39, 0.29) is 6.04 Å². The van der Waals surface area contributed by atoms with Crippen molar-refractivity contribution in [3.05, 3.63) is 88.6 Å². The van der Waals surface area contributed by atoms with Crippen LogP contribution in [0, 0.1) is 0 Å². The van der Waals surface area contributed by atoms with Gasteiger partial charge in [-0.05, 0) is 59.8 Å². The molecule has 1 heterocycles. The number of allylic oxidation sites excluding steroid dienone is 1. The zero-order valence-corrected chi connectivity index (χ0v) is 14.3. The molecule has 2 N–H and O–H groups in total. The molecule has 0 spiro atoms. The van der Waals surface area contributed by atoms with Crippen LogP contribution in [0.25, 0.3) is 6.08 Å². The van der Waals surface area contributed by atoms with Crippen LogP contribution in [-0.2, 0) is 0 Å². The molecule has 0 saturated carbocycles. The van der Waals surface area contributed by atoms with Crippen LogP contribution in [0.2, 0.25) is 0 Å². The standard InChI is InChI=1S/C21H20N2S/c24-21-22-19(16-10-5-2-6-11-16)18-13-7-12-17(20(18)23-21)14-15-8-3-1-4-9-15/h1-6,8-11,14,19H,7,12-13H2,(H2,22,23,24)/b17-14+/t19-/m1/s1. The Labute approximate surface area is 148 Å². The summed E-state index contributed by atoms with van der Waals surface area (Å²) in [6, 6.07) is 21.3. The SMILES string of the molecule is S=C1NC2=C(CCC/C2=C\c2ccccc2)[C@@H](c2ccccc2)N1. The zero-order chi connectivity index (χ0) is 16.4. The van der Waals surface area contributed by atoms with E-state index in [1.54, 1.807) is 0 Å². The molecule has 2 aromatic rings. The van der Waals surface area contributed by atoms with Crippen LogP contribution in [0.15, 0.2) is 77.5 Å². The van der Waals surface area contributed by atoms with Crippen molar-refractivity contribution in [2.75, 3.05) is 0 Å². The molecule has 2 aliphatic rings. The maximum atomic E-state index is 5.49. The van der Waals surface area contributed by atoms with Gasteiger partial charge in [0.2, 0.25) is 0 Å². The van der Waals surface area contributed by atoms with Gasteiger partial charge in [-0.2, -0.15) is 0 Å². The van der Waals surface area contributed by atoms with Crippen LogP contribution in [-0.4, -0.2) is 5.11 Å². The fourth-order valence-corrected chi connectivity index (χ4v) is 3.79. The zero-order valence-electron chi connectivity index (χ0n) is 13.5. The van der Waals surface area contributed by atoms with Gasteiger partial charge in [0.1, 0.15) is 0 Å². The molecule has 0 aromatic heterocycles. The number of hydrogen-bond donors (Lipinski definition) is 2. The smallest absolute Gasteiger partial charge is 0.171 e. The first-order chi connectivity index (χ1) is 11.8. The monoisotopic (exact) mass is 332 g/mol. The summed E-state index contributed by atoms with van der Waals surface area (Å²) in [5.74, 6) is 0. The van der Waals surface area contributed by atoms with Gasteiger partial charge in [-0.15, -0.1) is 0 Å². The van der Waals surface area contributed by atoms with Crippen molar-refractivity contribution in [2.24, 2.45) is 0 Å². The summed E-state index contributed by atoms with van der Waals surface area (Å²) in [4.78, 5) is 0. The minimum atomic E-state index is 0.175. The van der Waals surface area contributed by atoms with Crippen molar-refractivity contribution in [3.63, 3.8) is 0 Å². The van der Waals surface area contributed by atoms with E-state index >= 15 is 0 Å². The predicted molar refractivity (Wildman–Crippen MR) is 103 cm³/mol. The van der Waals surface area contributed by atoms with Gasteiger partial charge >= 0.3 is 0 Å². The molecule has 0 fully saturated rings. The summed E-state index contributed by atoms with van der Waals surface area (Å²) >= 11 is 5.49. The Kier molecular flexibility index (Phi) is 4.18. The highest BCUT2D eigenvalue weighted by Crippen LogP contribution is 2.38. The molecular weight excluding hydrogens is 312 g/mol. The molecule has 1 aliphatic heterocycles. The molecule has 1 atom stereocenters. The molecule has 0 amide bonds. The maximum Gasteiger partial charge on any atom is 0.171 e. The van der Waals surface area contributed by atoms with Gasteiger partial charge in [0.15, 0.2) is 5.11 Å². The average Bonchev–Trinajstić information content (AvgIpc) is 2.63. The third kappa shape index (κ3) is 3.00. The van der Waals surface area contributed by atoms with Gasteiger partial charge in [0, 0.05) is 5.70 Å². The van der Waals surface area contributed by atoms with Crippen molar-refractivity contribution in [1.82, 2.24) is 10.6 Å². The summed E-state index contributed by atoms with van der Waals surface area (Å²) in [5, 5.41) is 7.58.